The summed E-state index contributed by atoms with van der Waals surface area (Å²) in [6.07, 6.45) is 0.905. The molecule has 2 N–H and O–H groups in total. The van der Waals surface area contributed by atoms with Crippen molar-refractivity contribution in [1.82, 2.24) is 10.2 Å². The van der Waals surface area contributed by atoms with E-state index >= 15 is 0 Å². The van der Waals surface area contributed by atoms with Crippen LogP contribution in [0.2, 0.25) is 0 Å². The number of amides is 2. The van der Waals surface area contributed by atoms with Gasteiger partial charge in [0.05, 0.1) is 12.2 Å². The number of benzene rings is 2. The van der Waals surface area contributed by atoms with E-state index in [1.54, 1.807) is 47.4 Å². The summed E-state index contributed by atoms with van der Waals surface area (Å²) in [6.45, 7) is 10.0. The fourth-order valence-electron chi connectivity index (χ4n) is 2.91. The van der Waals surface area contributed by atoms with E-state index in [0.29, 0.717) is 48.2 Å². The van der Waals surface area contributed by atoms with Gasteiger partial charge in [0.25, 0.3) is 11.8 Å². The SMILES string of the molecule is CCN(CC)C(=O)c1ccc(NC(=S)NC(=O)c2ccccc2OCCC(C)C)cc1. The van der Waals surface area contributed by atoms with Crippen LogP contribution in [0.3, 0.4) is 0 Å². The lowest BCUT2D eigenvalue weighted by atomic mass is 10.1. The molecule has 0 fully saturated rings. The van der Waals surface area contributed by atoms with Crippen molar-refractivity contribution in [1.29, 1.82) is 0 Å². The van der Waals surface area contributed by atoms with Gasteiger partial charge in [-0.1, -0.05) is 26.0 Å². The van der Waals surface area contributed by atoms with Crippen molar-refractivity contribution in [3.05, 3.63) is 59.7 Å². The molecule has 0 aromatic heterocycles. The van der Waals surface area contributed by atoms with Gasteiger partial charge in [-0.2, -0.15) is 0 Å². The van der Waals surface area contributed by atoms with Gasteiger partial charge < -0.3 is 15.0 Å². The first-order valence-corrected chi connectivity index (χ1v) is 11.0. The Kier molecular flexibility index (Phi) is 9.46. The van der Waals surface area contributed by atoms with Gasteiger partial charge in [0.2, 0.25) is 0 Å². The van der Waals surface area contributed by atoms with Gasteiger partial charge in [-0.25, -0.2) is 0 Å². The number of rotatable bonds is 9. The molecule has 0 aliphatic carbocycles. The largest absolute Gasteiger partial charge is 0.493 e. The average Bonchev–Trinajstić information content (AvgIpc) is 2.75. The molecule has 0 atom stereocenters. The van der Waals surface area contributed by atoms with E-state index in [4.69, 9.17) is 17.0 Å². The van der Waals surface area contributed by atoms with Crippen molar-refractivity contribution in [2.24, 2.45) is 5.92 Å². The Morgan fingerprint density at radius 2 is 1.68 bits per heavy atom. The van der Waals surface area contributed by atoms with Crippen LogP contribution in [0.15, 0.2) is 48.5 Å². The summed E-state index contributed by atoms with van der Waals surface area (Å²) in [4.78, 5) is 26.8. The summed E-state index contributed by atoms with van der Waals surface area (Å²) in [5, 5.41) is 5.83. The lowest BCUT2D eigenvalue weighted by Crippen LogP contribution is -2.34. The Bertz CT molecular complexity index is 893. The molecule has 0 saturated heterocycles. The van der Waals surface area contributed by atoms with E-state index in [0.717, 1.165) is 6.42 Å². The van der Waals surface area contributed by atoms with E-state index < -0.39 is 0 Å². The van der Waals surface area contributed by atoms with Gasteiger partial charge in [0.15, 0.2) is 5.11 Å². The van der Waals surface area contributed by atoms with E-state index in [2.05, 4.69) is 24.5 Å². The molecule has 0 aliphatic heterocycles. The number of nitrogens with one attached hydrogen (secondary N) is 2. The maximum atomic E-state index is 12.7. The number of carbonyl (C=O) groups is 2. The number of para-hydroxylation sites is 1. The van der Waals surface area contributed by atoms with Crippen molar-refractivity contribution in [2.75, 3.05) is 25.0 Å². The molecule has 2 aromatic rings. The molecule has 0 spiro atoms. The number of carbonyl (C=O) groups excluding carboxylic acids is 2. The van der Waals surface area contributed by atoms with E-state index in [9.17, 15) is 9.59 Å². The molecule has 2 aromatic carbocycles. The molecule has 0 radical (unpaired) electrons. The fourth-order valence-corrected chi connectivity index (χ4v) is 3.12. The zero-order valence-corrected chi connectivity index (χ0v) is 19.4. The molecule has 0 unspecified atom stereocenters. The van der Waals surface area contributed by atoms with Crippen LogP contribution in [-0.4, -0.2) is 41.5 Å². The highest BCUT2D eigenvalue weighted by Gasteiger charge is 2.15. The predicted molar refractivity (Wildman–Crippen MR) is 129 cm³/mol. The second-order valence-corrected chi connectivity index (χ2v) is 7.90. The fraction of sp³-hybridized carbons (Fsp3) is 0.375. The first-order valence-electron chi connectivity index (χ1n) is 10.6. The predicted octanol–water partition coefficient (Wildman–Crippen LogP) is 4.72. The third-order valence-electron chi connectivity index (χ3n) is 4.75. The summed E-state index contributed by atoms with van der Waals surface area (Å²) < 4.78 is 5.78. The molecule has 0 saturated carbocycles. The minimum atomic E-state index is -0.342. The van der Waals surface area contributed by atoms with Gasteiger partial charge >= 0.3 is 0 Å². The van der Waals surface area contributed by atoms with Crippen molar-refractivity contribution in [2.45, 2.75) is 34.1 Å². The van der Waals surface area contributed by atoms with Gasteiger partial charge in [0, 0.05) is 24.3 Å². The Balaban J connectivity index is 1.97. The van der Waals surface area contributed by atoms with Crippen molar-refractivity contribution < 1.29 is 14.3 Å². The highest BCUT2D eigenvalue weighted by atomic mass is 32.1. The number of nitrogens with zero attached hydrogens (tertiary/aromatic N) is 1. The van der Waals surface area contributed by atoms with Crippen LogP contribution in [0.5, 0.6) is 5.75 Å². The van der Waals surface area contributed by atoms with Crippen LogP contribution in [0, 0.1) is 5.92 Å². The van der Waals surface area contributed by atoms with E-state index in [1.807, 2.05) is 19.9 Å². The topological polar surface area (TPSA) is 70.7 Å². The summed E-state index contributed by atoms with van der Waals surface area (Å²) in [6, 6.07) is 14.1. The number of hydrogen-bond acceptors (Lipinski definition) is 4. The highest BCUT2D eigenvalue weighted by Crippen LogP contribution is 2.19. The minimum absolute atomic E-state index is 0.0125. The van der Waals surface area contributed by atoms with Gasteiger partial charge in [-0.3, -0.25) is 14.9 Å². The highest BCUT2D eigenvalue weighted by molar-refractivity contribution is 7.80. The van der Waals surface area contributed by atoms with Crippen LogP contribution >= 0.6 is 12.2 Å². The average molecular weight is 442 g/mol. The van der Waals surface area contributed by atoms with E-state index in [1.165, 1.54) is 0 Å². The van der Waals surface area contributed by atoms with Gasteiger partial charge in [-0.15, -0.1) is 0 Å². The summed E-state index contributed by atoms with van der Waals surface area (Å²) in [5.74, 6) is 0.696. The number of anilines is 1. The Labute approximate surface area is 190 Å². The number of thiocarbonyl (C=S) groups is 1. The minimum Gasteiger partial charge on any atom is -0.493 e. The molecule has 0 heterocycles. The molecular formula is C24H31N3O3S. The normalized spacial score (nSPS) is 10.5. The smallest absolute Gasteiger partial charge is 0.261 e. The van der Waals surface area contributed by atoms with E-state index in [-0.39, 0.29) is 16.9 Å². The lowest BCUT2D eigenvalue weighted by Gasteiger charge is -2.18. The molecule has 0 aliphatic rings. The van der Waals surface area contributed by atoms with Crippen molar-refractivity contribution in [3.8, 4) is 5.75 Å². The maximum Gasteiger partial charge on any atom is 0.261 e. The Morgan fingerprint density at radius 3 is 2.29 bits per heavy atom. The summed E-state index contributed by atoms with van der Waals surface area (Å²) >= 11 is 5.28. The van der Waals surface area contributed by atoms with Crippen LogP contribution < -0.4 is 15.4 Å². The maximum absolute atomic E-state index is 12.7. The molecule has 2 rings (SSSR count). The molecule has 31 heavy (non-hydrogen) atoms. The van der Waals surface area contributed by atoms with Crippen molar-refractivity contribution in [3.63, 3.8) is 0 Å². The zero-order valence-electron chi connectivity index (χ0n) is 18.6. The molecule has 166 valence electrons. The van der Waals surface area contributed by atoms with Crippen LogP contribution in [-0.2, 0) is 0 Å². The van der Waals surface area contributed by atoms with Gasteiger partial charge in [0.1, 0.15) is 5.75 Å². The molecule has 2 amide bonds. The monoisotopic (exact) mass is 441 g/mol. The van der Waals surface area contributed by atoms with Crippen LogP contribution in [0.4, 0.5) is 5.69 Å². The second kappa shape index (κ2) is 12.1. The van der Waals surface area contributed by atoms with Crippen molar-refractivity contribution >= 4 is 34.8 Å². The van der Waals surface area contributed by atoms with Gasteiger partial charge in [-0.05, 0) is 74.8 Å². The van der Waals surface area contributed by atoms with Crippen LogP contribution in [0.25, 0.3) is 0 Å². The zero-order chi connectivity index (χ0) is 22.8. The standard InChI is InChI=1S/C24H31N3O3S/c1-5-27(6-2)23(29)18-11-13-19(14-12-18)25-24(31)26-22(28)20-9-7-8-10-21(20)30-16-15-17(3)4/h7-14,17H,5-6,15-16H2,1-4H3,(H2,25,26,28,31). The summed E-state index contributed by atoms with van der Waals surface area (Å²) in [7, 11) is 0. The first kappa shape index (κ1) is 24.3. The third kappa shape index (κ3) is 7.36. The third-order valence-corrected chi connectivity index (χ3v) is 4.96. The first-order chi connectivity index (χ1) is 14.8. The second-order valence-electron chi connectivity index (χ2n) is 7.49. The Hall–Kier alpha value is -2.93. The quantitative estimate of drug-likeness (QED) is 0.551. The summed E-state index contributed by atoms with van der Waals surface area (Å²) in [5.41, 5.74) is 1.72. The lowest BCUT2D eigenvalue weighted by molar-refractivity contribution is 0.0772. The number of ether oxygens (including phenoxy) is 1. The molecule has 7 heteroatoms. The molecular weight excluding hydrogens is 410 g/mol. The Morgan fingerprint density at radius 1 is 1.03 bits per heavy atom. The van der Waals surface area contributed by atoms with Crippen LogP contribution in [0.1, 0.15) is 54.8 Å². The number of hydrogen-bond donors (Lipinski definition) is 2. The molecule has 6 nitrogen and oxygen atoms in total. The molecule has 0 bridgehead atoms.